The van der Waals surface area contributed by atoms with Crippen LogP contribution in [0.15, 0.2) is 44.4 Å². The Bertz CT molecular complexity index is 778. The molecule has 0 aliphatic carbocycles. The molecule has 0 radical (unpaired) electrons. The van der Waals surface area contributed by atoms with Crippen LogP contribution in [0.2, 0.25) is 0 Å². The Morgan fingerprint density at radius 3 is 2.70 bits per heavy atom. The van der Waals surface area contributed by atoms with Crippen LogP contribution in [0.4, 0.5) is 0 Å². The van der Waals surface area contributed by atoms with E-state index < -0.39 is 5.91 Å². The largest absolute Gasteiger partial charge is 0.507 e. The highest BCUT2D eigenvalue weighted by Gasteiger charge is 2.11. The van der Waals surface area contributed by atoms with Crippen LogP contribution in [0.3, 0.4) is 0 Å². The van der Waals surface area contributed by atoms with Gasteiger partial charge < -0.3 is 14.9 Å². The first-order valence-electron chi connectivity index (χ1n) is 6.30. The zero-order valence-electron chi connectivity index (χ0n) is 11.9. The number of hydrazone groups is 1. The molecular weight excluding hydrogens is 432 g/mol. The minimum absolute atomic E-state index is 0.0206. The van der Waals surface area contributed by atoms with E-state index in [2.05, 4.69) is 42.4 Å². The summed E-state index contributed by atoms with van der Waals surface area (Å²) in [6.45, 7) is 0. The SMILES string of the molecule is COc1cc(C=NNC(=O)c2cc(Br)ccc2O)cc(Br)c1O. The molecule has 2 aromatic rings. The highest BCUT2D eigenvalue weighted by Crippen LogP contribution is 2.34. The molecule has 0 bridgehead atoms. The average Bonchev–Trinajstić information content (AvgIpc) is 2.52. The molecule has 3 N–H and O–H groups in total. The topological polar surface area (TPSA) is 91.2 Å². The molecule has 0 atom stereocenters. The lowest BCUT2D eigenvalue weighted by molar-refractivity contribution is 0.0952. The lowest BCUT2D eigenvalue weighted by atomic mass is 10.2. The van der Waals surface area contributed by atoms with Gasteiger partial charge in [0.25, 0.3) is 5.91 Å². The number of halogens is 2. The molecule has 0 aromatic heterocycles. The van der Waals surface area contributed by atoms with Gasteiger partial charge in [0.2, 0.25) is 0 Å². The summed E-state index contributed by atoms with van der Waals surface area (Å²) in [5.74, 6) is -0.440. The van der Waals surface area contributed by atoms with Crippen molar-refractivity contribution in [3.8, 4) is 17.2 Å². The van der Waals surface area contributed by atoms with Crippen LogP contribution in [-0.2, 0) is 0 Å². The minimum Gasteiger partial charge on any atom is -0.507 e. The zero-order chi connectivity index (χ0) is 17.0. The first-order valence-corrected chi connectivity index (χ1v) is 7.89. The number of hydrogen-bond acceptors (Lipinski definition) is 5. The fourth-order valence-corrected chi connectivity index (χ4v) is 2.56. The van der Waals surface area contributed by atoms with Crippen molar-refractivity contribution in [2.75, 3.05) is 7.11 Å². The van der Waals surface area contributed by atoms with Gasteiger partial charge in [0.15, 0.2) is 11.5 Å². The van der Waals surface area contributed by atoms with Crippen molar-refractivity contribution >= 4 is 44.0 Å². The fourth-order valence-electron chi connectivity index (χ4n) is 1.74. The summed E-state index contributed by atoms with van der Waals surface area (Å²) in [4.78, 5) is 12.0. The van der Waals surface area contributed by atoms with E-state index in [9.17, 15) is 15.0 Å². The number of phenolic OH excluding ortho intramolecular Hbond substituents is 2. The third-order valence-corrected chi connectivity index (χ3v) is 3.95. The summed E-state index contributed by atoms with van der Waals surface area (Å²) in [6, 6.07) is 7.69. The number of rotatable bonds is 4. The summed E-state index contributed by atoms with van der Waals surface area (Å²) in [5.41, 5.74) is 3.02. The molecule has 0 heterocycles. The number of carbonyl (C=O) groups excluding carboxylic acids is 1. The summed E-state index contributed by atoms with van der Waals surface area (Å²) in [7, 11) is 1.43. The number of nitrogens with one attached hydrogen (secondary N) is 1. The molecule has 2 aromatic carbocycles. The van der Waals surface area contributed by atoms with Crippen LogP contribution in [0, 0.1) is 0 Å². The number of amides is 1. The number of aromatic hydroxyl groups is 2. The van der Waals surface area contributed by atoms with Crippen LogP contribution >= 0.6 is 31.9 Å². The molecule has 0 saturated carbocycles. The molecule has 0 spiro atoms. The second-order valence-electron chi connectivity index (χ2n) is 4.41. The van der Waals surface area contributed by atoms with Crippen LogP contribution in [-0.4, -0.2) is 29.4 Å². The van der Waals surface area contributed by atoms with Crippen molar-refractivity contribution in [2.45, 2.75) is 0 Å². The van der Waals surface area contributed by atoms with E-state index >= 15 is 0 Å². The average molecular weight is 444 g/mol. The molecule has 0 fully saturated rings. The molecule has 2 rings (SSSR count). The molecule has 0 aliphatic rings. The van der Waals surface area contributed by atoms with E-state index in [-0.39, 0.29) is 22.8 Å². The second kappa shape index (κ2) is 7.47. The van der Waals surface area contributed by atoms with E-state index in [0.717, 1.165) is 0 Å². The number of ether oxygens (including phenoxy) is 1. The summed E-state index contributed by atoms with van der Waals surface area (Å²) < 4.78 is 6.13. The number of benzene rings is 2. The normalized spacial score (nSPS) is 10.7. The Morgan fingerprint density at radius 1 is 1.26 bits per heavy atom. The second-order valence-corrected chi connectivity index (χ2v) is 6.18. The highest BCUT2D eigenvalue weighted by molar-refractivity contribution is 9.10. The Hall–Kier alpha value is -2.06. The maximum atomic E-state index is 12.0. The molecule has 120 valence electrons. The Morgan fingerprint density at radius 2 is 2.00 bits per heavy atom. The van der Waals surface area contributed by atoms with Crippen LogP contribution < -0.4 is 10.2 Å². The van der Waals surface area contributed by atoms with E-state index in [1.807, 2.05) is 0 Å². The van der Waals surface area contributed by atoms with E-state index in [4.69, 9.17) is 4.74 Å². The van der Waals surface area contributed by atoms with Gasteiger partial charge in [0.05, 0.1) is 23.4 Å². The van der Waals surface area contributed by atoms with E-state index in [1.165, 1.54) is 25.5 Å². The Balaban J connectivity index is 2.14. The monoisotopic (exact) mass is 442 g/mol. The van der Waals surface area contributed by atoms with Gasteiger partial charge >= 0.3 is 0 Å². The summed E-state index contributed by atoms with van der Waals surface area (Å²) in [5, 5.41) is 23.2. The number of phenols is 2. The zero-order valence-corrected chi connectivity index (χ0v) is 15.1. The van der Waals surface area contributed by atoms with Crippen LogP contribution in [0.25, 0.3) is 0 Å². The van der Waals surface area contributed by atoms with Crippen molar-refractivity contribution < 1.29 is 19.7 Å². The molecule has 8 heteroatoms. The third-order valence-electron chi connectivity index (χ3n) is 2.85. The lowest BCUT2D eigenvalue weighted by Gasteiger charge is -2.06. The number of methoxy groups -OCH3 is 1. The quantitative estimate of drug-likeness (QED) is 0.498. The van der Waals surface area contributed by atoms with Gasteiger partial charge in [0, 0.05) is 4.47 Å². The molecule has 0 unspecified atom stereocenters. The van der Waals surface area contributed by atoms with Crippen molar-refractivity contribution in [1.29, 1.82) is 0 Å². The Kier molecular flexibility index (Phi) is 5.62. The van der Waals surface area contributed by atoms with Crippen molar-refractivity contribution in [1.82, 2.24) is 5.43 Å². The third kappa shape index (κ3) is 4.23. The molecule has 23 heavy (non-hydrogen) atoms. The van der Waals surface area contributed by atoms with Crippen LogP contribution in [0.1, 0.15) is 15.9 Å². The first-order chi connectivity index (χ1) is 10.9. The highest BCUT2D eigenvalue weighted by atomic mass is 79.9. The van der Waals surface area contributed by atoms with Gasteiger partial charge in [-0.15, -0.1) is 0 Å². The molecule has 0 aliphatic heterocycles. The standard InChI is InChI=1S/C15H12Br2N2O4/c1-23-13-5-8(4-11(17)14(13)21)7-18-19-15(22)10-6-9(16)2-3-12(10)20/h2-7,20-21H,1H3,(H,19,22). The first kappa shape index (κ1) is 17.3. The van der Waals surface area contributed by atoms with Gasteiger partial charge in [0.1, 0.15) is 5.75 Å². The van der Waals surface area contributed by atoms with Gasteiger partial charge in [-0.05, 0) is 51.8 Å². The maximum absolute atomic E-state index is 12.0. The number of hydrogen-bond donors (Lipinski definition) is 3. The number of nitrogens with zero attached hydrogens (tertiary/aromatic N) is 1. The van der Waals surface area contributed by atoms with Crippen LogP contribution in [0.5, 0.6) is 17.2 Å². The molecular formula is C15H12Br2N2O4. The molecule has 6 nitrogen and oxygen atoms in total. The fraction of sp³-hybridized carbons (Fsp3) is 0.0667. The summed E-state index contributed by atoms with van der Waals surface area (Å²) in [6.07, 6.45) is 1.39. The van der Waals surface area contributed by atoms with E-state index in [1.54, 1.807) is 18.2 Å². The minimum atomic E-state index is -0.551. The molecule has 0 saturated heterocycles. The smallest absolute Gasteiger partial charge is 0.275 e. The lowest BCUT2D eigenvalue weighted by Crippen LogP contribution is -2.17. The van der Waals surface area contributed by atoms with E-state index in [0.29, 0.717) is 14.5 Å². The maximum Gasteiger partial charge on any atom is 0.275 e. The predicted molar refractivity (Wildman–Crippen MR) is 93.2 cm³/mol. The summed E-state index contributed by atoms with van der Waals surface area (Å²) >= 11 is 6.42. The number of carbonyl (C=O) groups is 1. The molecule has 1 amide bonds. The predicted octanol–water partition coefficient (Wildman–Crippen LogP) is 3.40. The Labute approximate surface area is 149 Å². The van der Waals surface area contributed by atoms with Crippen molar-refractivity contribution in [2.24, 2.45) is 5.10 Å². The van der Waals surface area contributed by atoms with Gasteiger partial charge in [-0.1, -0.05) is 15.9 Å². The van der Waals surface area contributed by atoms with Crippen molar-refractivity contribution in [3.05, 3.63) is 50.4 Å². The van der Waals surface area contributed by atoms with Gasteiger partial charge in [-0.25, -0.2) is 5.43 Å². The van der Waals surface area contributed by atoms with Crippen molar-refractivity contribution in [3.63, 3.8) is 0 Å². The van der Waals surface area contributed by atoms with Gasteiger partial charge in [-0.2, -0.15) is 5.10 Å². The van der Waals surface area contributed by atoms with Gasteiger partial charge in [-0.3, -0.25) is 4.79 Å².